The molecule has 0 heterocycles. The average Bonchev–Trinajstić information content (AvgIpc) is 2.88. The lowest BCUT2D eigenvalue weighted by Crippen LogP contribution is -2.32. The molecule has 0 aliphatic carbocycles. The number of amides is 2. The summed E-state index contributed by atoms with van der Waals surface area (Å²) < 4.78 is 5.61. The molecule has 0 aromatic heterocycles. The number of nitrogens with zero attached hydrogens (tertiary/aromatic N) is 1. The van der Waals surface area contributed by atoms with Crippen LogP contribution in [0.15, 0.2) is 84.0 Å². The lowest BCUT2D eigenvalue weighted by molar-refractivity contribution is -0.136. The molecule has 0 unspecified atom stereocenters. The maximum absolute atomic E-state index is 12.7. The van der Waals surface area contributed by atoms with E-state index in [2.05, 4.69) is 15.8 Å². The van der Waals surface area contributed by atoms with Crippen molar-refractivity contribution in [1.29, 1.82) is 0 Å². The Morgan fingerprint density at radius 1 is 0.861 bits per heavy atom. The first-order valence-electron chi connectivity index (χ1n) is 10.7. The molecule has 0 radical (unpaired) electrons. The topological polar surface area (TPSA) is 96.9 Å². The Balaban J connectivity index is 1.54. The summed E-state index contributed by atoms with van der Waals surface area (Å²) in [6.45, 7) is 1.72. The van der Waals surface area contributed by atoms with Crippen LogP contribution in [0, 0.1) is 6.92 Å². The third-order valence-electron chi connectivity index (χ3n) is 5.30. The number of hydrogen-bond donors (Lipinski definition) is 2. The van der Waals surface area contributed by atoms with Gasteiger partial charge in [-0.1, -0.05) is 59.6 Å². The fraction of sp³-hybridized carbons (Fsp3) is 0.0370. The van der Waals surface area contributed by atoms with Gasteiger partial charge >= 0.3 is 17.8 Å². The predicted octanol–water partition coefficient (Wildman–Crippen LogP) is 5.76. The second kappa shape index (κ2) is 11.0. The molecule has 0 aliphatic heterocycles. The highest BCUT2D eigenvalue weighted by atomic mass is 35.5. The van der Waals surface area contributed by atoms with E-state index in [9.17, 15) is 14.4 Å². The average molecular weight is 520 g/mol. The molecule has 0 bridgehead atoms. The van der Waals surface area contributed by atoms with Crippen molar-refractivity contribution in [2.24, 2.45) is 5.10 Å². The molecule has 0 saturated heterocycles. The van der Waals surface area contributed by atoms with Crippen molar-refractivity contribution in [3.63, 3.8) is 0 Å². The summed E-state index contributed by atoms with van der Waals surface area (Å²) in [6.07, 6.45) is 1.32. The number of halogens is 2. The first-order valence-corrected chi connectivity index (χ1v) is 11.5. The van der Waals surface area contributed by atoms with Gasteiger partial charge in [-0.3, -0.25) is 9.59 Å². The van der Waals surface area contributed by atoms with Crippen LogP contribution in [-0.2, 0) is 9.59 Å². The predicted molar refractivity (Wildman–Crippen MR) is 141 cm³/mol. The second-order valence-corrected chi connectivity index (χ2v) is 8.50. The SMILES string of the molecule is Cc1c(Cl)cccc1NC(=O)C(=O)N/N=C/c1c(OC(=O)c2ccc(Cl)cc2)ccc2ccccc12. The molecule has 2 amide bonds. The zero-order valence-electron chi connectivity index (χ0n) is 18.9. The Morgan fingerprint density at radius 3 is 2.39 bits per heavy atom. The second-order valence-electron chi connectivity index (χ2n) is 7.66. The lowest BCUT2D eigenvalue weighted by Gasteiger charge is -2.11. The van der Waals surface area contributed by atoms with Crippen LogP contribution in [0.5, 0.6) is 5.75 Å². The van der Waals surface area contributed by atoms with E-state index < -0.39 is 17.8 Å². The minimum absolute atomic E-state index is 0.227. The summed E-state index contributed by atoms with van der Waals surface area (Å²) >= 11 is 11.9. The number of hydrazone groups is 1. The number of esters is 1. The van der Waals surface area contributed by atoms with Crippen molar-refractivity contribution in [2.75, 3.05) is 5.32 Å². The van der Waals surface area contributed by atoms with Gasteiger partial charge in [0.2, 0.25) is 0 Å². The molecule has 4 aromatic rings. The van der Waals surface area contributed by atoms with Crippen LogP contribution in [-0.4, -0.2) is 24.0 Å². The molecule has 0 aliphatic rings. The summed E-state index contributed by atoms with van der Waals surface area (Å²) in [5.41, 5.74) is 4.01. The quantitative estimate of drug-likeness (QED) is 0.115. The van der Waals surface area contributed by atoms with Gasteiger partial charge in [0.25, 0.3) is 0 Å². The van der Waals surface area contributed by atoms with E-state index in [0.29, 0.717) is 32.4 Å². The molecule has 4 aromatic carbocycles. The van der Waals surface area contributed by atoms with Crippen LogP contribution in [0.2, 0.25) is 10.0 Å². The first kappa shape index (κ1) is 24.9. The summed E-state index contributed by atoms with van der Waals surface area (Å²) in [5, 5.41) is 8.98. The molecule has 2 N–H and O–H groups in total. The maximum atomic E-state index is 12.7. The highest BCUT2D eigenvalue weighted by Gasteiger charge is 2.16. The fourth-order valence-corrected chi connectivity index (χ4v) is 3.67. The third-order valence-corrected chi connectivity index (χ3v) is 5.96. The highest BCUT2D eigenvalue weighted by Crippen LogP contribution is 2.28. The van der Waals surface area contributed by atoms with E-state index in [1.165, 1.54) is 6.21 Å². The third kappa shape index (κ3) is 5.71. The molecule has 7 nitrogen and oxygen atoms in total. The number of hydrogen-bond acceptors (Lipinski definition) is 5. The van der Waals surface area contributed by atoms with E-state index in [1.807, 2.05) is 24.3 Å². The lowest BCUT2D eigenvalue weighted by atomic mass is 10.0. The van der Waals surface area contributed by atoms with E-state index >= 15 is 0 Å². The van der Waals surface area contributed by atoms with Gasteiger partial charge in [0.15, 0.2) is 0 Å². The number of benzene rings is 4. The van der Waals surface area contributed by atoms with E-state index in [0.717, 1.165) is 10.8 Å². The van der Waals surface area contributed by atoms with Crippen LogP contribution >= 0.6 is 23.2 Å². The van der Waals surface area contributed by atoms with Crippen molar-refractivity contribution in [3.8, 4) is 5.75 Å². The molecule has 4 rings (SSSR count). The first-order chi connectivity index (χ1) is 17.3. The van der Waals surface area contributed by atoms with Gasteiger partial charge < -0.3 is 10.1 Å². The Bertz CT molecular complexity index is 1500. The minimum Gasteiger partial charge on any atom is -0.422 e. The zero-order chi connectivity index (χ0) is 25.7. The molecule has 9 heteroatoms. The minimum atomic E-state index is -0.981. The number of rotatable bonds is 5. The molecular weight excluding hydrogens is 501 g/mol. The zero-order valence-corrected chi connectivity index (χ0v) is 20.4. The van der Waals surface area contributed by atoms with Gasteiger partial charge in [0, 0.05) is 21.3 Å². The van der Waals surface area contributed by atoms with Gasteiger partial charge in [0.1, 0.15) is 5.75 Å². The van der Waals surface area contributed by atoms with E-state index in [1.54, 1.807) is 61.5 Å². The molecule has 180 valence electrons. The fourth-order valence-electron chi connectivity index (χ4n) is 3.37. The number of carbonyl (C=O) groups excluding carboxylic acids is 3. The van der Waals surface area contributed by atoms with E-state index in [-0.39, 0.29) is 5.75 Å². The summed E-state index contributed by atoms with van der Waals surface area (Å²) in [5.74, 6) is -2.25. The normalized spacial score (nSPS) is 10.9. The Hall–Kier alpha value is -4.20. The Morgan fingerprint density at radius 2 is 1.61 bits per heavy atom. The largest absolute Gasteiger partial charge is 0.422 e. The number of anilines is 1. The summed E-state index contributed by atoms with van der Waals surface area (Å²) in [7, 11) is 0. The summed E-state index contributed by atoms with van der Waals surface area (Å²) in [6, 6.07) is 22.1. The van der Waals surface area contributed by atoms with Crippen LogP contribution in [0.25, 0.3) is 10.8 Å². The van der Waals surface area contributed by atoms with Crippen molar-refractivity contribution < 1.29 is 19.1 Å². The van der Waals surface area contributed by atoms with Gasteiger partial charge in [-0.2, -0.15) is 5.10 Å². The number of nitrogens with one attached hydrogen (secondary N) is 2. The van der Waals surface area contributed by atoms with Crippen LogP contribution < -0.4 is 15.5 Å². The standard InChI is InChI=1S/C27H19Cl2N3O4/c1-16-22(29)7-4-8-23(16)31-25(33)26(34)32-30-15-21-20-6-3-2-5-17(20)11-14-24(21)36-27(35)18-9-12-19(28)13-10-18/h2-15H,1H3,(H,31,33)(H,32,34)/b30-15+. The molecule has 0 saturated carbocycles. The van der Waals surface area contributed by atoms with E-state index in [4.69, 9.17) is 27.9 Å². The van der Waals surface area contributed by atoms with Crippen molar-refractivity contribution in [3.05, 3.63) is 106 Å². The molecule has 0 fully saturated rings. The smallest absolute Gasteiger partial charge is 0.343 e. The Kier molecular flexibility index (Phi) is 7.63. The van der Waals surface area contributed by atoms with Gasteiger partial charge in [0.05, 0.1) is 11.8 Å². The van der Waals surface area contributed by atoms with Crippen LogP contribution in [0.3, 0.4) is 0 Å². The maximum Gasteiger partial charge on any atom is 0.343 e. The van der Waals surface area contributed by atoms with Crippen LogP contribution in [0.4, 0.5) is 5.69 Å². The van der Waals surface area contributed by atoms with Crippen molar-refractivity contribution >= 4 is 63.7 Å². The van der Waals surface area contributed by atoms with Gasteiger partial charge in [-0.25, -0.2) is 10.2 Å². The number of fused-ring (bicyclic) bond motifs is 1. The number of ether oxygens (including phenoxy) is 1. The van der Waals surface area contributed by atoms with Crippen LogP contribution in [0.1, 0.15) is 21.5 Å². The molecule has 0 atom stereocenters. The molecule has 0 spiro atoms. The van der Waals surface area contributed by atoms with Gasteiger partial charge in [-0.15, -0.1) is 0 Å². The van der Waals surface area contributed by atoms with Gasteiger partial charge in [-0.05, 0) is 65.7 Å². The van der Waals surface area contributed by atoms with Crippen molar-refractivity contribution in [2.45, 2.75) is 6.92 Å². The number of carbonyl (C=O) groups is 3. The molecule has 36 heavy (non-hydrogen) atoms. The van der Waals surface area contributed by atoms with Crippen molar-refractivity contribution in [1.82, 2.24) is 5.43 Å². The summed E-state index contributed by atoms with van der Waals surface area (Å²) in [4.78, 5) is 37.3. The molecular formula is C27H19Cl2N3O4. The Labute approximate surface area is 216 Å². The monoisotopic (exact) mass is 519 g/mol. The highest BCUT2D eigenvalue weighted by molar-refractivity contribution is 6.40.